The van der Waals surface area contributed by atoms with Crippen LogP contribution in [0.25, 0.3) is 0 Å². The molecule has 1 aliphatic rings. The molecule has 1 aliphatic carbocycles. The maximum absolute atomic E-state index is 5.88. The zero-order valence-electron chi connectivity index (χ0n) is 10.6. The number of aromatic nitrogens is 3. The van der Waals surface area contributed by atoms with Crippen molar-refractivity contribution in [3.63, 3.8) is 0 Å². The second-order valence-corrected chi connectivity index (χ2v) is 5.34. The predicted octanol–water partition coefficient (Wildman–Crippen LogP) is 2.45. The van der Waals surface area contributed by atoms with Gasteiger partial charge in [0.25, 0.3) is 0 Å². The summed E-state index contributed by atoms with van der Waals surface area (Å²) in [6.07, 6.45) is 5.59. The highest BCUT2D eigenvalue weighted by atomic mass is 35.5. The molecular weight excluding hydrogens is 236 g/mol. The molecule has 5 heteroatoms. The SMILES string of the molecule is CC(C)n1ncnc1CN(CCCl)C1CCC1. The van der Waals surface area contributed by atoms with Crippen molar-refractivity contribution in [1.29, 1.82) is 0 Å². The minimum absolute atomic E-state index is 0.367. The van der Waals surface area contributed by atoms with Gasteiger partial charge in [-0.2, -0.15) is 5.10 Å². The van der Waals surface area contributed by atoms with Crippen molar-refractivity contribution in [3.8, 4) is 0 Å². The fourth-order valence-electron chi connectivity index (χ4n) is 2.25. The summed E-state index contributed by atoms with van der Waals surface area (Å²) in [7, 11) is 0. The summed E-state index contributed by atoms with van der Waals surface area (Å²) >= 11 is 5.88. The van der Waals surface area contributed by atoms with Gasteiger partial charge in [-0.05, 0) is 26.7 Å². The van der Waals surface area contributed by atoms with Crippen LogP contribution in [-0.2, 0) is 6.54 Å². The lowest BCUT2D eigenvalue weighted by molar-refractivity contribution is 0.122. The summed E-state index contributed by atoms with van der Waals surface area (Å²) in [6, 6.07) is 1.07. The van der Waals surface area contributed by atoms with Gasteiger partial charge in [-0.3, -0.25) is 4.90 Å². The van der Waals surface area contributed by atoms with E-state index in [1.54, 1.807) is 6.33 Å². The zero-order chi connectivity index (χ0) is 12.3. The Hall–Kier alpha value is -0.610. The first-order valence-electron chi connectivity index (χ1n) is 6.40. The summed E-state index contributed by atoms with van der Waals surface area (Å²) in [5.41, 5.74) is 0. The van der Waals surface area contributed by atoms with E-state index in [1.807, 2.05) is 4.68 Å². The molecule has 17 heavy (non-hydrogen) atoms. The third-order valence-corrected chi connectivity index (χ3v) is 3.61. The topological polar surface area (TPSA) is 34.0 Å². The molecule has 1 aromatic heterocycles. The van der Waals surface area contributed by atoms with Crippen LogP contribution in [0.2, 0.25) is 0 Å². The van der Waals surface area contributed by atoms with Gasteiger partial charge in [0.15, 0.2) is 0 Å². The molecule has 2 rings (SSSR count). The van der Waals surface area contributed by atoms with E-state index in [2.05, 4.69) is 28.8 Å². The summed E-state index contributed by atoms with van der Waals surface area (Å²) < 4.78 is 2.00. The lowest BCUT2D eigenvalue weighted by Crippen LogP contribution is -2.41. The molecule has 96 valence electrons. The van der Waals surface area contributed by atoms with Gasteiger partial charge in [-0.25, -0.2) is 9.67 Å². The molecule has 4 nitrogen and oxygen atoms in total. The number of halogens is 1. The Bertz CT molecular complexity index is 346. The van der Waals surface area contributed by atoms with Crippen LogP contribution in [0.15, 0.2) is 6.33 Å². The Morgan fingerprint density at radius 1 is 1.53 bits per heavy atom. The van der Waals surface area contributed by atoms with E-state index in [0.717, 1.165) is 18.9 Å². The average molecular weight is 257 g/mol. The molecule has 0 unspecified atom stereocenters. The van der Waals surface area contributed by atoms with E-state index in [9.17, 15) is 0 Å². The van der Waals surface area contributed by atoms with Crippen LogP contribution >= 0.6 is 11.6 Å². The van der Waals surface area contributed by atoms with E-state index in [0.29, 0.717) is 18.0 Å². The van der Waals surface area contributed by atoms with Gasteiger partial charge in [0.2, 0.25) is 0 Å². The van der Waals surface area contributed by atoms with E-state index in [4.69, 9.17) is 11.6 Å². The van der Waals surface area contributed by atoms with Gasteiger partial charge in [0, 0.05) is 24.5 Å². The molecule has 0 N–H and O–H groups in total. The molecule has 0 bridgehead atoms. The largest absolute Gasteiger partial charge is 0.292 e. The van der Waals surface area contributed by atoms with Crippen LogP contribution in [0.4, 0.5) is 0 Å². The Morgan fingerprint density at radius 2 is 2.29 bits per heavy atom. The van der Waals surface area contributed by atoms with Crippen molar-refractivity contribution < 1.29 is 0 Å². The van der Waals surface area contributed by atoms with Gasteiger partial charge in [0.1, 0.15) is 12.2 Å². The van der Waals surface area contributed by atoms with Crippen molar-refractivity contribution in [3.05, 3.63) is 12.2 Å². The molecule has 0 amide bonds. The van der Waals surface area contributed by atoms with E-state index in [-0.39, 0.29) is 0 Å². The monoisotopic (exact) mass is 256 g/mol. The van der Waals surface area contributed by atoms with Gasteiger partial charge >= 0.3 is 0 Å². The highest BCUT2D eigenvalue weighted by molar-refractivity contribution is 6.18. The molecule has 0 radical (unpaired) electrons. The summed E-state index contributed by atoms with van der Waals surface area (Å²) in [6.45, 7) is 6.08. The van der Waals surface area contributed by atoms with Crippen molar-refractivity contribution in [2.75, 3.05) is 12.4 Å². The highest BCUT2D eigenvalue weighted by Crippen LogP contribution is 2.26. The van der Waals surface area contributed by atoms with Crippen molar-refractivity contribution in [2.24, 2.45) is 0 Å². The summed E-state index contributed by atoms with van der Waals surface area (Å²) in [5, 5.41) is 4.28. The minimum atomic E-state index is 0.367. The maximum Gasteiger partial charge on any atom is 0.141 e. The van der Waals surface area contributed by atoms with Gasteiger partial charge in [-0.15, -0.1) is 11.6 Å². The average Bonchev–Trinajstić information content (AvgIpc) is 2.63. The first-order valence-corrected chi connectivity index (χ1v) is 6.94. The molecular formula is C12H21ClN4. The number of alkyl halides is 1. The molecule has 1 aromatic rings. The molecule has 0 aromatic carbocycles. The second kappa shape index (κ2) is 5.83. The standard InChI is InChI=1S/C12H21ClN4/c1-10(2)17-12(14-9-15-17)8-16(7-6-13)11-4-3-5-11/h9-11H,3-8H2,1-2H3. The molecule has 0 spiro atoms. The van der Waals surface area contributed by atoms with Crippen molar-refractivity contribution in [1.82, 2.24) is 19.7 Å². The van der Waals surface area contributed by atoms with Crippen LogP contribution in [0, 0.1) is 0 Å². The third-order valence-electron chi connectivity index (χ3n) is 3.44. The van der Waals surface area contributed by atoms with Gasteiger partial charge in [-0.1, -0.05) is 6.42 Å². The zero-order valence-corrected chi connectivity index (χ0v) is 11.4. The first-order chi connectivity index (χ1) is 8.22. The Labute approximate surface area is 108 Å². The van der Waals surface area contributed by atoms with Gasteiger partial charge < -0.3 is 0 Å². The van der Waals surface area contributed by atoms with Crippen LogP contribution < -0.4 is 0 Å². The maximum atomic E-state index is 5.88. The minimum Gasteiger partial charge on any atom is -0.292 e. The number of rotatable bonds is 6. The quantitative estimate of drug-likeness (QED) is 0.734. The van der Waals surface area contributed by atoms with Crippen LogP contribution in [0.5, 0.6) is 0 Å². The summed E-state index contributed by atoms with van der Waals surface area (Å²) in [5.74, 6) is 1.74. The predicted molar refractivity (Wildman–Crippen MR) is 69.2 cm³/mol. The Kier molecular flexibility index (Phi) is 4.40. The van der Waals surface area contributed by atoms with E-state index < -0.39 is 0 Å². The number of nitrogens with zero attached hydrogens (tertiary/aromatic N) is 4. The molecule has 1 saturated carbocycles. The fourth-order valence-corrected chi connectivity index (χ4v) is 2.47. The van der Waals surface area contributed by atoms with Crippen LogP contribution in [0.3, 0.4) is 0 Å². The van der Waals surface area contributed by atoms with Crippen LogP contribution in [-0.4, -0.2) is 38.1 Å². The summed E-state index contributed by atoms with van der Waals surface area (Å²) in [4.78, 5) is 6.81. The molecule has 1 fully saturated rings. The fraction of sp³-hybridized carbons (Fsp3) is 0.833. The third kappa shape index (κ3) is 2.99. The smallest absolute Gasteiger partial charge is 0.141 e. The Morgan fingerprint density at radius 3 is 2.82 bits per heavy atom. The number of hydrogen-bond acceptors (Lipinski definition) is 3. The molecule has 0 atom stereocenters. The van der Waals surface area contributed by atoms with Crippen molar-refractivity contribution in [2.45, 2.75) is 51.7 Å². The lowest BCUT2D eigenvalue weighted by Gasteiger charge is -2.37. The molecule has 0 saturated heterocycles. The lowest BCUT2D eigenvalue weighted by atomic mass is 9.91. The molecule has 1 heterocycles. The normalized spacial score (nSPS) is 16.8. The highest BCUT2D eigenvalue weighted by Gasteiger charge is 2.25. The van der Waals surface area contributed by atoms with E-state index >= 15 is 0 Å². The van der Waals surface area contributed by atoms with Gasteiger partial charge in [0.05, 0.1) is 6.54 Å². The Balaban J connectivity index is 2.03. The van der Waals surface area contributed by atoms with Crippen molar-refractivity contribution >= 4 is 11.6 Å². The van der Waals surface area contributed by atoms with E-state index in [1.165, 1.54) is 19.3 Å². The van der Waals surface area contributed by atoms with Crippen LogP contribution in [0.1, 0.15) is 45.0 Å². The second-order valence-electron chi connectivity index (χ2n) is 4.96. The first kappa shape index (κ1) is 12.8. The molecule has 0 aliphatic heterocycles. The number of hydrogen-bond donors (Lipinski definition) is 0.